The molecule has 0 atom stereocenters. The van der Waals surface area contributed by atoms with Gasteiger partial charge in [-0.05, 0) is 30.9 Å². The van der Waals surface area contributed by atoms with Crippen molar-refractivity contribution in [2.75, 3.05) is 13.6 Å². The molecule has 1 aliphatic carbocycles. The van der Waals surface area contributed by atoms with Crippen LogP contribution in [-0.2, 0) is 6.42 Å². The Kier molecular flexibility index (Phi) is 4.51. The molecule has 1 heterocycles. The van der Waals surface area contributed by atoms with E-state index in [1.54, 1.807) is 23.2 Å². The molecule has 0 bridgehead atoms. The zero-order valence-electron chi connectivity index (χ0n) is 11.3. The molecule has 1 saturated carbocycles. The van der Waals surface area contributed by atoms with Gasteiger partial charge in [-0.25, -0.2) is 0 Å². The minimum Gasteiger partial charge on any atom is -0.341 e. The normalized spacial score (nSPS) is 15.2. The Morgan fingerprint density at radius 1 is 1.53 bits per heavy atom. The topological polar surface area (TPSA) is 57.0 Å². The molecule has 0 unspecified atom stereocenters. The fraction of sp³-hybridized carbons (Fsp3) is 0.533. The molecule has 19 heavy (non-hydrogen) atoms. The van der Waals surface area contributed by atoms with E-state index in [-0.39, 0.29) is 12.3 Å². The van der Waals surface area contributed by atoms with Crippen LogP contribution in [0.25, 0.3) is 0 Å². The number of hydrogen-bond donors (Lipinski definition) is 0. The van der Waals surface area contributed by atoms with Crippen LogP contribution in [-0.4, -0.2) is 29.4 Å². The Labute approximate surface area is 114 Å². The molecular weight excluding hydrogens is 238 g/mol. The molecule has 0 N–H and O–H groups in total. The second-order valence-electron chi connectivity index (χ2n) is 5.21. The van der Waals surface area contributed by atoms with Gasteiger partial charge in [-0.2, -0.15) is 5.26 Å². The molecule has 1 amide bonds. The summed E-state index contributed by atoms with van der Waals surface area (Å²) in [6, 6.07) is 5.49. The summed E-state index contributed by atoms with van der Waals surface area (Å²) in [5.41, 5.74) is 1.28. The van der Waals surface area contributed by atoms with E-state index in [1.165, 1.54) is 25.7 Å². The van der Waals surface area contributed by atoms with Gasteiger partial charge in [-0.1, -0.05) is 12.8 Å². The van der Waals surface area contributed by atoms with Crippen LogP contribution in [0.4, 0.5) is 0 Å². The first-order valence-electron chi connectivity index (χ1n) is 6.78. The molecule has 0 aromatic carbocycles. The van der Waals surface area contributed by atoms with E-state index < -0.39 is 0 Å². The predicted molar refractivity (Wildman–Crippen MR) is 72.5 cm³/mol. The maximum Gasteiger partial charge on any atom is 0.253 e. The molecule has 0 aliphatic heterocycles. The smallest absolute Gasteiger partial charge is 0.253 e. The molecule has 0 saturated heterocycles. The van der Waals surface area contributed by atoms with Crippen molar-refractivity contribution in [2.24, 2.45) is 5.92 Å². The van der Waals surface area contributed by atoms with Crippen molar-refractivity contribution in [2.45, 2.75) is 32.1 Å². The van der Waals surface area contributed by atoms with Crippen molar-refractivity contribution in [3.63, 3.8) is 0 Å². The summed E-state index contributed by atoms with van der Waals surface area (Å²) < 4.78 is 0. The van der Waals surface area contributed by atoms with E-state index >= 15 is 0 Å². The van der Waals surface area contributed by atoms with Crippen molar-refractivity contribution < 1.29 is 4.79 Å². The molecule has 1 aromatic rings. The van der Waals surface area contributed by atoms with Crippen LogP contribution in [0.2, 0.25) is 0 Å². The predicted octanol–water partition coefficient (Wildman–Crippen LogP) is 2.41. The van der Waals surface area contributed by atoms with Crippen LogP contribution in [0, 0.1) is 17.2 Å². The van der Waals surface area contributed by atoms with E-state index in [0.29, 0.717) is 17.2 Å². The maximum atomic E-state index is 12.3. The average Bonchev–Trinajstić information content (AvgIpc) is 2.91. The van der Waals surface area contributed by atoms with Crippen molar-refractivity contribution in [1.82, 2.24) is 9.88 Å². The Balaban J connectivity index is 2.01. The summed E-state index contributed by atoms with van der Waals surface area (Å²) in [7, 11) is 1.85. The SMILES string of the molecule is CN(CC1CCCC1)C(=O)c1ccnc(CC#N)c1. The van der Waals surface area contributed by atoms with E-state index in [0.717, 1.165) is 6.54 Å². The van der Waals surface area contributed by atoms with Gasteiger partial charge in [0, 0.05) is 25.4 Å². The molecule has 4 nitrogen and oxygen atoms in total. The first kappa shape index (κ1) is 13.5. The molecule has 4 heteroatoms. The van der Waals surface area contributed by atoms with E-state index in [1.807, 2.05) is 7.05 Å². The average molecular weight is 257 g/mol. The lowest BCUT2D eigenvalue weighted by Crippen LogP contribution is -2.31. The highest BCUT2D eigenvalue weighted by Gasteiger charge is 2.20. The summed E-state index contributed by atoms with van der Waals surface area (Å²) >= 11 is 0. The van der Waals surface area contributed by atoms with Gasteiger partial charge in [0.05, 0.1) is 18.2 Å². The third kappa shape index (κ3) is 3.54. The fourth-order valence-electron chi connectivity index (χ4n) is 2.67. The largest absolute Gasteiger partial charge is 0.341 e. The van der Waals surface area contributed by atoms with Crippen molar-refractivity contribution >= 4 is 5.91 Å². The zero-order chi connectivity index (χ0) is 13.7. The lowest BCUT2D eigenvalue weighted by molar-refractivity contribution is 0.0773. The summed E-state index contributed by atoms with van der Waals surface area (Å²) in [5, 5.41) is 8.66. The lowest BCUT2D eigenvalue weighted by atomic mass is 10.1. The number of pyridine rings is 1. The van der Waals surface area contributed by atoms with Gasteiger partial charge < -0.3 is 4.90 Å². The highest BCUT2D eigenvalue weighted by molar-refractivity contribution is 5.94. The zero-order valence-corrected chi connectivity index (χ0v) is 11.3. The first-order chi connectivity index (χ1) is 9.20. The van der Waals surface area contributed by atoms with Crippen molar-refractivity contribution in [3.8, 4) is 6.07 Å². The van der Waals surface area contributed by atoms with Gasteiger partial charge in [-0.15, -0.1) is 0 Å². The Bertz CT molecular complexity index is 486. The second kappa shape index (κ2) is 6.33. The number of nitrogens with zero attached hydrogens (tertiary/aromatic N) is 3. The number of carbonyl (C=O) groups is 1. The van der Waals surface area contributed by atoms with Gasteiger partial charge in [0.25, 0.3) is 5.91 Å². The Morgan fingerprint density at radius 3 is 2.95 bits per heavy atom. The third-order valence-electron chi connectivity index (χ3n) is 3.68. The number of amides is 1. The second-order valence-corrected chi connectivity index (χ2v) is 5.21. The highest BCUT2D eigenvalue weighted by Crippen LogP contribution is 2.25. The quantitative estimate of drug-likeness (QED) is 0.832. The van der Waals surface area contributed by atoms with E-state index in [9.17, 15) is 4.79 Å². The summed E-state index contributed by atoms with van der Waals surface area (Å²) in [4.78, 5) is 18.2. The van der Waals surface area contributed by atoms with Gasteiger partial charge in [0.2, 0.25) is 0 Å². The van der Waals surface area contributed by atoms with Crippen LogP contribution in [0.5, 0.6) is 0 Å². The number of nitriles is 1. The van der Waals surface area contributed by atoms with Crippen LogP contribution >= 0.6 is 0 Å². The third-order valence-corrected chi connectivity index (χ3v) is 3.68. The van der Waals surface area contributed by atoms with Gasteiger partial charge in [-0.3, -0.25) is 9.78 Å². The monoisotopic (exact) mass is 257 g/mol. The first-order valence-corrected chi connectivity index (χ1v) is 6.78. The minimum absolute atomic E-state index is 0.0217. The van der Waals surface area contributed by atoms with Gasteiger partial charge >= 0.3 is 0 Å². The van der Waals surface area contributed by atoms with Crippen LogP contribution in [0.3, 0.4) is 0 Å². The lowest BCUT2D eigenvalue weighted by Gasteiger charge is -2.21. The van der Waals surface area contributed by atoms with Crippen molar-refractivity contribution in [3.05, 3.63) is 29.6 Å². The molecule has 1 aliphatic rings. The van der Waals surface area contributed by atoms with E-state index in [2.05, 4.69) is 11.1 Å². The van der Waals surface area contributed by atoms with E-state index in [4.69, 9.17) is 5.26 Å². The minimum atomic E-state index is 0.0217. The van der Waals surface area contributed by atoms with Crippen LogP contribution < -0.4 is 0 Å². The fourth-order valence-corrected chi connectivity index (χ4v) is 2.67. The molecule has 2 rings (SSSR count). The number of hydrogen-bond acceptors (Lipinski definition) is 3. The molecule has 1 aromatic heterocycles. The Morgan fingerprint density at radius 2 is 2.26 bits per heavy atom. The summed E-state index contributed by atoms with van der Waals surface area (Å²) in [6.45, 7) is 0.828. The summed E-state index contributed by atoms with van der Waals surface area (Å²) in [6.07, 6.45) is 6.88. The molecular formula is C15H19N3O. The Hall–Kier alpha value is -1.89. The van der Waals surface area contributed by atoms with Crippen LogP contribution in [0.1, 0.15) is 41.7 Å². The molecule has 0 radical (unpaired) electrons. The van der Waals surface area contributed by atoms with Crippen molar-refractivity contribution in [1.29, 1.82) is 5.26 Å². The van der Waals surface area contributed by atoms with Crippen LogP contribution in [0.15, 0.2) is 18.3 Å². The highest BCUT2D eigenvalue weighted by atomic mass is 16.2. The van der Waals surface area contributed by atoms with Gasteiger partial charge in [0.1, 0.15) is 0 Å². The molecule has 100 valence electrons. The maximum absolute atomic E-state index is 12.3. The molecule has 1 fully saturated rings. The number of rotatable bonds is 4. The number of carbonyl (C=O) groups excluding carboxylic acids is 1. The standard InChI is InChI=1S/C15H19N3O/c1-18(11-12-4-2-3-5-12)15(19)13-7-9-17-14(10-13)6-8-16/h7,9-10,12H,2-6,11H2,1H3. The summed E-state index contributed by atoms with van der Waals surface area (Å²) in [5.74, 6) is 0.669. The number of aromatic nitrogens is 1. The van der Waals surface area contributed by atoms with Gasteiger partial charge in [0.15, 0.2) is 0 Å². The molecule has 0 spiro atoms.